The van der Waals surface area contributed by atoms with E-state index in [4.69, 9.17) is 0 Å². The Hall–Kier alpha value is -4.77. The summed E-state index contributed by atoms with van der Waals surface area (Å²) in [5.41, 5.74) is 7.24. The number of H-pyrrole nitrogens is 1. The van der Waals surface area contributed by atoms with Gasteiger partial charge in [0.2, 0.25) is 17.7 Å². The highest BCUT2D eigenvalue weighted by Crippen LogP contribution is 2.29. The number of pyridine rings is 1. The van der Waals surface area contributed by atoms with E-state index in [1.54, 1.807) is 17.8 Å². The van der Waals surface area contributed by atoms with Crippen molar-refractivity contribution in [2.45, 2.75) is 52.0 Å². The minimum atomic E-state index is -0.174. The fourth-order valence-electron chi connectivity index (χ4n) is 7.65. The number of piperazine rings is 1. The van der Waals surface area contributed by atoms with Crippen LogP contribution in [0.4, 0.5) is 5.69 Å². The van der Waals surface area contributed by atoms with E-state index in [2.05, 4.69) is 79.6 Å². The van der Waals surface area contributed by atoms with Crippen LogP contribution in [-0.2, 0) is 34.4 Å². The molecule has 7 rings (SSSR count). The van der Waals surface area contributed by atoms with E-state index in [1.165, 1.54) is 16.8 Å². The Morgan fingerprint density at radius 1 is 0.939 bits per heavy atom. The molecule has 3 aliphatic heterocycles. The number of hydrogen-bond donors (Lipinski definition) is 2. The number of aromatic nitrogens is 3. The first-order valence-electron chi connectivity index (χ1n) is 17.5. The highest BCUT2D eigenvalue weighted by atomic mass is 16.2. The molecule has 2 aromatic heterocycles. The molecule has 11 heteroatoms. The average molecular weight is 664 g/mol. The third-order valence-corrected chi connectivity index (χ3v) is 10.8. The maximum atomic E-state index is 13.3. The number of fused-ring (bicyclic) bond motifs is 1. The van der Waals surface area contributed by atoms with Crippen LogP contribution in [0.3, 0.4) is 0 Å². The predicted octanol–water partition coefficient (Wildman–Crippen LogP) is 3.78. The first kappa shape index (κ1) is 32.8. The number of piperidine rings is 2. The molecule has 3 aliphatic rings. The zero-order valence-electron chi connectivity index (χ0n) is 28.4. The van der Waals surface area contributed by atoms with Gasteiger partial charge < -0.3 is 14.4 Å². The largest absolute Gasteiger partial charge is 0.372 e. The molecule has 2 N–H and O–H groups in total. The molecule has 49 heavy (non-hydrogen) atoms. The number of nitrogens with one attached hydrogen (secondary N) is 2. The lowest BCUT2D eigenvalue weighted by Crippen LogP contribution is -2.49. The molecule has 11 nitrogen and oxygen atoms in total. The summed E-state index contributed by atoms with van der Waals surface area (Å²) in [6, 6.07) is 15.0. The van der Waals surface area contributed by atoms with Gasteiger partial charge in [-0.3, -0.25) is 34.5 Å². The molecule has 3 saturated heterocycles. The zero-order chi connectivity index (χ0) is 34.1. The van der Waals surface area contributed by atoms with Gasteiger partial charge in [0.05, 0.1) is 6.20 Å². The van der Waals surface area contributed by atoms with Gasteiger partial charge in [0.25, 0.3) is 5.56 Å². The van der Waals surface area contributed by atoms with Gasteiger partial charge in [-0.05, 0) is 72.9 Å². The Morgan fingerprint density at radius 2 is 1.69 bits per heavy atom. The summed E-state index contributed by atoms with van der Waals surface area (Å²) in [7, 11) is 1.76. The van der Waals surface area contributed by atoms with Crippen LogP contribution in [0.5, 0.6) is 0 Å². The Balaban J connectivity index is 0.858. The fourth-order valence-corrected chi connectivity index (χ4v) is 7.65. The molecule has 0 bridgehead atoms. The topological polar surface area (TPSA) is 124 Å². The van der Waals surface area contributed by atoms with Crippen LogP contribution in [0, 0.1) is 18.8 Å². The summed E-state index contributed by atoms with van der Waals surface area (Å²) < 4.78 is 1.60. The second kappa shape index (κ2) is 14.0. The number of imide groups is 1. The van der Waals surface area contributed by atoms with Crippen LogP contribution in [0.15, 0.2) is 59.7 Å². The molecule has 0 radical (unpaired) electrons. The van der Waals surface area contributed by atoms with Crippen molar-refractivity contribution in [3.8, 4) is 11.1 Å². The number of amides is 3. The fraction of sp³-hybridized carbons (Fsp3) is 0.447. The molecule has 5 heterocycles. The van der Waals surface area contributed by atoms with Crippen molar-refractivity contribution in [1.82, 2.24) is 29.9 Å². The number of hydrogen-bond acceptors (Lipinski definition) is 7. The van der Waals surface area contributed by atoms with Crippen molar-refractivity contribution in [3.05, 3.63) is 81.9 Å². The van der Waals surface area contributed by atoms with E-state index in [9.17, 15) is 19.2 Å². The van der Waals surface area contributed by atoms with Crippen LogP contribution in [0.1, 0.15) is 48.8 Å². The van der Waals surface area contributed by atoms with E-state index in [0.29, 0.717) is 37.1 Å². The summed E-state index contributed by atoms with van der Waals surface area (Å²) in [5, 5.41) is 10.2. The Bertz CT molecular complexity index is 1910. The summed E-state index contributed by atoms with van der Waals surface area (Å²) in [4.78, 5) is 56.2. The third kappa shape index (κ3) is 7.17. The number of carbonyl (C=O) groups is 3. The van der Waals surface area contributed by atoms with Crippen molar-refractivity contribution >= 4 is 34.3 Å². The molecule has 0 spiro atoms. The normalized spacial score (nSPS) is 19.4. The maximum absolute atomic E-state index is 13.3. The van der Waals surface area contributed by atoms with Gasteiger partial charge in [-0.2, -0.15) is 5.10 Å². The molecule has 3 amide bonds. The molecular formula is C38H45N7O4. The maximum Gasteiger partial charge on any atom is 0.276 e. The first-order chi connectivity index (χ1) is 23.7. The minimum Gasteiger partial charge on any atom is -0.372 e. The van der Waals surface area contributed by atoms with Gasteiger partial charge in [-0.1, -0.05) is 30.3 Å². The summed E-state index contributed by atoms with van der Waals surface area (Å²) in [6.07, 6.45) is 7.90. The second-order valence-corrected chi connectivity index (χ2v) is 14.1. The number of aromatic amines is 1. The molecule has 2 aromatic carbocycles. The van der Waals surface area contributed by atoms with Crippen molar-refractivity contribution in [2.75, 3.05) is 44.2 Å². The standard InChI is InChI=1S/C38H45N7O4/c1-25-19-28(33-24-42(2)38(49)36-32(33)22-39-41-36)5-6-30(25)23-43-15-17-45(18-16-43)35(47)21-27-11-13-44(14-12-27)31-8-3-26(4-9-31)20-29-7-10-34(46)40-37(29)48/h3-6,8-9,19,22,24,27,29H,7,10-18,20-21,23H2,1-2H3,(H,39,41)(H,40,46,48). The van der Waals surface area contributed by atoms with Crippen molar-refractivity contribution in [2.24, 2.45) is 18.9 Å². The van der Waals surface area contributed by atoms with Crippen molar-refractivity contribution in [1.29, 1.82) is 0 Å². The smallest absolute Gasteiger partial charge is 0.276 e. The minimum absolute atomic E-state index is 0.0863. The Kier molecular flexibility index (Phi) is 9.35. The molecule has 1 unspecified atom stereocenters. The Morgan fingerprint density at radius 3 is 2.41 bits per heavy atom. The predicted molar refractivity (Wildman–Crippen MR) is 189 cm³/mol. The monoisotopic (exact) mass is 663 g/mol. The van der Waals surface area contributed by atoms with E-state index in [0.717, 1.165) is 80.7 Å². The van der Waals surface area contributed by atoms with Crippen LogP contribution < -0.4 is 15.8 Å². The molecular weight excluding hydrogens is 618 g/mol. The summed E-state index contributed by atoms with van der Waals surface area (Å²) in [6.45, 7) is 8.10. The van der Waals surface area contributed by atoms with Crippen molar-refractivity contribution < 1.29 is 14.4 Å². The van der Waals surface area contributed by atoms with Crippen molar-refractivity contribution in [3.63, 3.8) is 0 Å². The van der Waals surface area contributed by atoms with Crippen LogP contribution in [-0.4, -0.2) is 81.6 Å². The van der Waals surface area contributed by atoms with Gasteiger partial charge in [-0.15, -0.1) is 0 Å². The quantitative estimate of drug-likeness (QED) is 0.275. The van der Waals surface area contributed by atoms with E-state index < -0.39 is 0 Å². The lowest BCUT2D eigenvalue weighted by Gasteiger charge is -2.37. The van der Waals surface area contributed by atoms with E-state index in [1.807, 2.05) is 6.20 Å². The molecule has 0 aliphatic carbocycles. The number of rotatable bonds is 8. The molecule has 1 atom stereocenters. The lowest BCUT2D eigenvalue weighted by atomic mass is 9.90. The number of benzene rings is 2. The third-order valence-electron chi connectivity index (χ3n) is 10.8. The van der Waals surface area contributed by atoms with Gasteiger partial charge >= 0.3 is 0 Å². The van der Waals surface area contributed by atoms with Gasteiger partial charge in [0.1, 0.15) is 5.52 Å². The number of carbonyl (C=O) groups excluding carboxylic acids is 3. The van der Waals surface area contributed by atoms with Crippen LogP contribution in [0.25, 0.3) is 22.0 Å². The highest BCUT2D eigenvalue weighted by Gasteiger charge is 2.28. The second-order valence-electron chi connectivity index (χ2n) is 14.1. The number of aryl methyl sites for hydroxylation is 2. The first-order valence-corrected chi connectivity index (χ1v) is 17.5. The highest BCUT2D eigenvalue weighted by molar-refractivity contribution is 5.98. The Labute approximate surface area is 286 Å². The molecule has 3 fully saturated rings. The average Bonchev–Trinajstić information content (AvgIpc) is 3.60. The molecule has 0 saturated carbocycles. The SMILES string of the molecule is Cc1cc(-c2cn(C)c(=O)c3[nH]ncc23)ccc1CN1CCN(C(=O)CC2CCN(c3ccc(CC4CCC(=O)NC4=O)cc3)CC2)CC1. The summed E-state index contributed by atoms with van der Waals surface area (Å²) in [5.74, 6) is 0.210. The number of anilines is 1. The van der Waals surface area contributed by atoms with E-state index in [-0.39, 0.29) is 29.2 Å². The lowest BCUT2D eigenvalue weighted by molar-refractivity contribution is -0.136. The zero-order valence-corrected chi connectivity index (χ0v) is 28.4. The van der Waals surface area contributed by atoms with Gasteiger partial charge in [0.15, 0.2) is 0 Å². The summed E-state index contributed by atoms with van der Waals surface area (Å²) >= 11 is 0. The molecule has 4 aromatic rings. The van der Waals surface area contributed by atoms with Gasteiger partial charge in [-0.25, -0.2) is 0 Å². The van der Waals surface area contributed by atoms with Crippen LogP contribution >= 0.6 is 0 Å². The van der Waals surface area contributed by atoms with Gasteiger partial charge in [0, 0.05) is 94.5 Å². The molecule has 256 valence electrons. The van der Waals surface area contributed by atoms with E-state index >= 15 is 0 Å². The van der Waals surface area contributed by atoms with Crippen LogP contribution in [0.2, 0.25) is 0 Å². The number of nitrogens with zero attached hydrogens (tertiary/aromatic N) is 5.